The first-order valence-electron chi connectivity index (χ1n) is 6.68. The molecule has 0 saturated heterocycles. The van der Waals surface area contributed by atoms with Gasteiger partial charge in [0.25, 0.3) is 0 Å². The Morgan fingerprint density at radius 2 is 2.11 bits per heavy atom. The van der Waals surface area contributed by atoms with Crippen molar-refractivity contribution in [3.05, 3.63) is 35.5 Å². The lowest BCUT2D eigenvalue weighted by atomic mass is 9.95. The Balaban J connectivity index is 2.09. The third-order valence-electron chi connectivity index (χ3n) is 4.15. The Morgan fingerprint density at radius 3 is 2.78 bits per heavy atom. The average Bonchev–Trinajstić information content (AvgIpc) is 3.14. The number of carbonyl (C=O) groups excluding carboxylic acids is 1. The summed E-state index contributed by atoms with van der Waals surface area (Å²) in [6, 6.07) is 6.31. The number of carbonyl (C=O) groups is 1. The normalized spacial score (nSPS) is 17.1. The summed E-state index contributed by atoms with van der Waals surface area (Å²) in [4.78, 5) is 12.5. The van der Waals surface area contributed by atoms with Gasteiger partial charge in [0.15, 0.2) is 5.78 Å². The van der Waals surface area contributed by atoms with Gasteiger partial charge in [-0.25, -0.2) is 0 Å². The minimum atomic E-state index is 0.178. The number of hydrogen-bond donors (Lipinski definition) is 0. The van der Waals surface area contributed by atoms with Crippen molar-refractivity contribution in [1.82, 2.24) is 4.57 Å². The molecule has 1 aliphatic carbocycles. The van der Waals surface area contributed by atoms with E-state index in [0.717, 1.165) is 16.5 Å². The van der Waals surface area contributed by atoms with Gasteiger partial charge in [0.2, 0.25) is 0 Å². The van der Waals surface area contributed by atoms with E-state index in [1.54, 1.807) is 0 Å². The lowest BCUT2D eigenvalue weighted by molar-refractivity contribution is 0.0918. The third kappa shape index (κ3) is 1.76. The van der Waals surface area contributed by atoms with Crippen LogP contribution in [0.15, 0.2) is 24.4 Å². The van der Waals surface area contributed by atoms with E-state index in [-0.39, 0.29) is 5.92 Å². The van der Waals surface area contributed by atoms with E-state index in [1.165, 1.54) is 18.4 Å². The Bertz CT molecular complexity index is 619. The largest absolute Gasteiger partial charge is 0.350 e. The maximum atomic E-state index is 12.5. The molecular weight excluding hydrogens is 222 g/mol. The highest BCUT2D eigenvalue weighted by atomic mass is 16.1. The fourth-order valence-corrected chi connectivity index (χ4v) is 2.75. The van der Waals surface area contributed by atoms with Crippen LogP contribution in [0, 0.1) is 18.8 Å². The maximum Gasteiger partial charge on any atom is 0.168 e. The number of rotatable bonds is 3. The first kappa shape index (κ1) is 11.5. The Hall–Kier alpha value is -1.57. The lowest BCUT2D eigenvalue weighted by Gasteiger charge is -2.07. The zero-order chi connectivity index (χ0) is 12.9. The van der Waals surface area contributed by atoms with Crippen LogP contribution in [-0.4, -0.2) is 10.4 Å². The van der Waals surface area contributed by atoms with Crippen molar-refractivity contribution in [2.45, 2.75) is 26.7 Å². The topological polar surface area (TPSA) is 22.0 Å². The summed E-state index contributed by atoms with van der Waals surface area (Å²) in [5.41, 5.74) is 3.28. The minimum absolute atomic E-state index is 0.178. The molecule has 1 unspecified atom stereocenters. The van der Waals surface area contributed by atoms with Gasteiger partial charge in [-0.15, -0.1) is 0 Å². The van der Waals surface area contributed by atoms with Crippen LogP contribution in [0.2, 0.25) is 0 Å². The van der Waals surface area contributed by atoms with Gasteiger partial charge in [-0.05, 0) is 37.3 Å². The fourth-order valence-electron chi connectivity index (χ4n) is 2.75. The highest BCUT2D eigenvalue weighted by Gasteiger charge is 2.33. The number of nitrogens with zero attached hydrogens (tertiary/aromatic N) is 1. The van der Waals surface area contributed by atoms with E-state index in [4.69, 9.17) is 0 Å². The van der Waals surface area contributed by atoms with Crippen molar-refractivity contribution in [2.75, 3.05) is 0 Å². The molecule has 0 bridgehead atoms. The van der Waals surface area contributed by atoms with E-state index in [2.05, 4.69) is 36.6 Å². The summed E-state index contributed by atoms with van der Waals surface area (Å²) in [7, 11) is 2.01. The van der Waals surface area contributed by atoms with Crippen LogP contribution in [0.25, 0.3) is 10.9 Å². The predicted molar refractivity (Wildman–Crippen MR) is 73.9 cm³/mol. The molecule has 1 aliphatic rings. The number of Topliss-reactive ketones (excluding diaryl/α,β-unsaturated/α-hetero) is 1. The van der Waals surface area contributed by atoms with Gasteiger partial charge in [0, 0.05) is 35.6 Å². The van der Waals surface area contributed by atoms with Crippen LogP contribution in [0.1, 0.15) is 35.7 Å². The number of aryl methyl sites for hydroxylation is 2. The van der Waals surface area contributed by atoms with Crippen molar-refractivity contribution in [1.29, 1.82) is 0 Å². The molecule has 0 amide bonds. The fraction of sp³-hybridized carbons (Fsp3) is 0.438. The molecule has 1 fully saturated rings. The second-order valence-electron chi connectivity index (χ2n) is 5.66. The van der Waals surface area contributed by atoms with Gasteiger partial charge in [0.1, 0.15) is 0 Å². The highest BCUT2D eigenvalue weighted by Crippen LogP contribution is 2.39. The summed E-state index contributed by atoms with van der Waals surface area (Å²) < 4.78 is 2.06. The molecule has 0 N–H and O–H groups in total. The van der Waals surface area contributed by atoms with Crippen LogP contribution < -0.4 is 0 Å². The molecule has 0 aliphatic heterocycles. The first-order chi connectivity index (χ1) is 8.58. The van der Waals surface area contributed by atoms with Crippen molar-refractivity contribution >= 4 is 16.7 Å². The molecule has 2 nitrogen and oxygen atoms in total. The predicted octanol–water partition coefficient (Wildman–Crippen LogP) is 3.72. The molecule has 0 spiro atoms. The van der Waals surface area contributed by atoms with Gasteiger partial charge in [-0.3, -0.25) is 4.79 Å². The van der Waals surface area contributed by atoms with E-state index in [9.17, 15) is 4.79 Å². The molecule has 1 aromatic carbocycles. The van der Waals surface area contributed by atoms with Crippen molar-refractivity contribution in [2.24, 2.45) is 18.9 Å². The molecule has 2 heteroatoms. The van der Waals surface area contributed by atoms with Crippen molar-refractivity contribution in [3.63, 3.8) is 0 Å². The lowest BCUT2D eigenvalue weighted by Crippen LogP contribution is -2.12. The first-order valence-corrected chi connectivity index (χ1v) is 6.68. The Kier molecular flexibility index (Phi) is 2.54. The van der Waals surface area contributed by atoms with Crippen molar-refractivity contribution < 1.29 is 4.79 Å². The van der Waals surface area contributed by atoms with E-state index < -0.39 is 0 Å². The number of aromatic nitrogens is 1. The smallest absolute Gasteiger partial charge is 0.168 e. The summed E-state index contributed by atoms with van der Waals surface area (Å²) >= 11 is 0. The quantitative estimate of drug-likeness (QED) is 0.751. The number of benzene rings is 1. The zero-order valence-electron chi connectivity index (χ0n) is 11.2. The van der Waals surface area contributed by atoms with Crippen LogP contribution in [-0.2, 0) is 7.05 Å². The summed E-state index contributed by atoms with van der Waals surface area (Å²) in [5, 5.41) is 1.10. The second kappa shape index (κ2) is 3.98. The summed E-state index contributed by atoms with van der Waals surface area (Å²) in [5.74, 6) is 1.11. The van der Waals surface area contributed by atoms with Crippen LogP contribution in [0.5, 0.6) is 0 Å². The molecule has 18 heavy (non-hydrogen) atoms. The average molecular weight is 241 g/mol. The highest BCUT2D eigenvalue weighted by molar-refractivity contribution is 6.09. The van der Waals surface area contributed by atoms with Crippen molar-refractivity contribution in [3.8, 4) is 0 Å². The SMILES string of the molecule is Cc1ccc2c(C(=O)C(C)C3CC3)cn(C)c2c1. The maximum absolute atomic E-state index is 12.5. The van der Waals surface area contributed by atoms with Gasteiger partial charge in [-0.1, -0.05) is 19.1 Å². The molecule has 0 radical (unpaired) electrons. The molecule has 1 aromatic heterocycles. The van der Waals surface area contributed by atoms with Crippen LogP contribution >= 0.6 is 0 Å². The summed E-state index contributed by atoms with van der Waals surface area (Å²) in [6.07, 6.45) is 4.43. The second-order valence-corrected chi connectivity index (χ2v) is 5.66. The standard InChI is InChI=1S/C16H19NO/c1-10-4-7-13-14(9-17(3)15(13)8-10)16(18)11(2)12-5-6-12/h4,7-9,11-12H,5-6H2,1-3H3. The monoisotopic (exact) mass is 241 g/mol. The van der Waals surface area contributed by atoms with Gasteiger partial charge in [-0.2, -0.15) is 0 Å². The number of hydrogen-bond acceptors (Lipinski definition) is 1. The Labute approximate surface area is 108 Å². The molecule has 1 saturated carbocycles. The van der Waals surface area contributed by atoms with Crippen LogP contribution in [0.4, 0.5) is 0 Å². The molecule has 1 atom stereocenters. The summed E-state index contributed by atoms with van der Waals surface area (Å²) in [6.45, 7) is 4.16. The third-order valence-corrected chi connectivity index (χ3v) is 4.15. The Morgan fingerprint density at radius 1 is 1.39 bits per heavy atom. The van der Waals surface area contributed by atoms with Crippen LogP contribution in [0.3, 0.4) is 0 Å². The number of ketones is 1. The van der Waals surface area contributed by atoms with Gasteiger partial charge >= 0.3 is 0 Å². The molecular formula is C16H19NO. The number of fused-ring (bicyclic) bond motifs is 1. The molecule has 3 rings (SSSR count). The molecule has 1 heterocycles. The van der Waals surface area contributed by atoms with E-state index >= 15 is 0 Å². The van der Waals surface area contributed by atoms with E-state index in [1.807, 2.05) is 13.2 Å². The molecule has 94 valence electrons. The van der Waals surface area contributed by atoms with Gasteiger partial charge < -0.3 is 4.57 Å². The zero-order valence-corrected chi connectivity index (χ0v) is 11.2. The molecule has 2 aromatic rings. The van der Waals surface area contributed by atoms with Gasteiger partial charge in [0.05, 0.1) is 0 Å². The minimum Gasteiger partial charge on any atom is -0.350 e. The van der Waals surface area contributed by atoms with E-state index in [0.29, 0.717) is 11.7 Å².